The normalized spacial score (nSPS) is 14.2. The molecule has 0 N–H and O–H groups in total. The minimum absolute atomic E-state index is 0.415. The van der Waals surface area contributed by atoms with Gasteiger partial charge in [0.25, 0.3) is 6.29 Å². The third-order valence-electron chi connectivity index (χ3n) is 2.91. The van der Waals surface area contributed by atoms with Crippen molar-refractivity contribution in [2.75, 3.05) is 0 Å². The van der Waals surface area contributed by atoms with Gasteiger partial charge < -0.3 is 9.47 Å². The van der Waals surface area contributed by atoms with E-state index in [0.717, 1.165) is 27.3 Å². The molecular weight excluding hydrogens is 246 g/mol. The predicted molar refractivity (Wildman–Crippen MR) is 68.9 cm³/mol. The van der Waals surface area contributed by atoms with E-state index in [0.29, 0.717) is 0 Å². The van der Waals surface area contributed by atoms with Crippen LogP contribution in [0.5, 0.6) is 11.5 Å². The average molecular weight is 254 g/mol. The van der Waals surface area contributed by atoms with Crippen molar-refractivity contribution >= 4 is 21.6 Å². The van der Waals surface area contributed by atoms with Gasteiger partial charge in [-0.1, -0.05) is 18.2 Å². The Morgan fingerprint density at radius 3 is 2.56 bits per heavy atom. The van der Waals surface area contributed by atoms with Gasteiger partial charge in [0.05, 0.1) is 15.8 Å². The van der Waals surface area contributed by atoms with E-state index in [9.17, 15) is 0 Å². The number of thiazole rings is 1. The highest BCUT2D eigenvalue weighted by molar-refractivity contribution is 7.16. The van der Waals surface area contributed by atoms with Crippen molar-refractivity contribution in [1.82, 2.24) is 4.98 Å². The average Bonchev–Trinajstić information content (AvgIpc) is 3.04. The molecule has 1 aromatic heterocycles. The highest BCUT2D eigenvalue weighted by Gasteiger charge is 2.27. The number of nitrogens with zero attached hydrogens (tertiary/aromatic N) is 1. The number of ether oxygens (including phenoxy) is 2. The topological polar surface area (TPSA) is 31.4 Å². The lowest BCUT2D eigenvalue weighted by molar-refractivity contribution is 0.0499. The Bertz CT molecular complexity index is 697. The Morgan fingerprint density at radius 2 is 1.78 bits per heavy atom. The molecule has 0 aliphatic carbocycles. The molecule has 0 amide bonds. The summed E-state index contributed by atoms with van der Waals surface area (Å²) >= 11 is 1.50. The lowest BCUT2D eigenvalue weighted by atomic mass is 10.2. The Balaban J connectivity index is 1.80. The molecule has 2 aromatic carbocycles. The second-order valence-corrected chi connectivity index (χ2v) is 4.84. The number of benzene rings is 2. The summed E-state index contributed by atoms with van der Waals surface area (Å²) < 4.78 is 12.7. The van der Waals surface area contributed by atoms with Gasteiger partial charge in [0.2, 0.25) is 0 Å². The van der Waals surface area contributed by atoms with Crippen LogP contribution in [-0.4, -0.2) is 4.98 Å². The van der Waals surface area contributed by atoms with E-state index < -0.39 is 6.29 Å². The van der Waals surface area contributed by atoms with Gasteiger partial charge in [-0.25, -0.2) is 4.98 Å². The minimum atomic E-state index is -0.415. The molecule has 2 heterocycles. The highest BCUT2D eigenvalue weighted by atomic mass is 32.1. The summed E-state index contributed by atoms with van der Waals surface area (Å²) in [6.45, 7) is 0. The van der Waals surface area contributed by atoms with E-state index in [1.165, 1.54) is 11.3 Å². The van der Waals surface area contributed by atoms with Crippen molar-refractivity contribution in [2.45, 2.75) is 6.29 Å². The van der Waals surface area contributed by atoms with Crippen LogP contribution >= 0.6 is 11.3 Å². The zero-order valence-electron chi connectivity index (χ0n) is 9.29. The Morgan fingerprint density at radius 1 is 1.00 bits per heavy atom. The molecule has 87 valence electrons. The van der Waals surface area contributed by atoms with Gasteiger partial charge in [-0.3, -0.25) is 0 Å². The zero-order valence-corrected chi connectivity index (χ0v) is 10.1. The van der Waals surface area contributed by atoms with Crippen molar-refractivity contribution in [2.24, 2.45) is 0 Å². The maximum Gasteiger partial charge on any atom is 0.270 e. The molecule has 0 spiro atoms. The molecule has 0 saturated heterocycles. The number of para-hydroxylation sites is 3. The lowest BCUT2D eigenvalue weighted by Gasteiger charge is -2.10. The van der Waals surface area contributed by atoms with Crippen molar-refractivity contribution in [3.8, 4) is 11.5 Å². The first kappa shape index (κ1) is 9.91. The van der Waals surface area contributed by atoms with Crippen LogP contribution in [0.15, 0.2) is 42.5 Å². The molecule has 18 heavy (non-hydrogen) atoms. The number of rotatable bonds is 1. The molecule has 0 atom stereocenters. The molecule has 0 saturated carbocycles. The molecule has 3 aromatic rings. The second-order valence-electron chi connectivity index (χ2n) is 4.01. The largest absolute Gasteiger partial charge is 0.447 e. The van der Waals surface area contributed by atoms with Crippen LogP contribution in [-0.2, 0) is 0 Å². The number of hydrogen-bond donors (Lipinski definition) is 0. The zero-order chi connectivity index (χ0) is 11.9. The van der Waals surface area contributed by atoms with Gasteiger partial charge in [-0.15, -0.1) is 11.3 Å². The van der Waals surface area contributed by atoms with E-state index >= 15 is 0 Å². The first-order valence-corrected chi connectivity index (χ1v) is 6.41. The maximum absolute atomic E-state index is 5.80. The Kier molecular flexibility index (Phi) is 2.04. The maximum atomic E-state index is 5.80. The molecule has 1 aliphatic rings. The van der Waals surface area contributed by atoms with Gasteiger partial charge in [0.1, 0.15) is 0 Å². The lowest BCUT2D eigenvalue weighted by Crippen LogP contribution is -2.08. The molecule has 4 rings (SSSR count). The fourth-order valence-electron chi connectivity index (χ4n) is 2.08. The van der Waals surface area contributed by atoms with Gasteiger partial charge in [0.15, 0.2) is 17.0 Å². The monoisotopic (exact) mass is 254 g/mol. The van der Waals surface area contributed by atoms with Gasteiger partial charge in [-0.2, -0.15) is 0 Å². The fraction of sp³-hybridized carbons (Fsp3) is 0.0714. The van der Waals surface area contributed by atoms with Gasteiger partial charge in [-0.05, 0) is 24.3 Å². The summed E-state index contributed by atoms with van der Waals surface area (Å²) in [6.07, 6.45) is -0.415. The minimum Gasteiger partial charge on any atom is -0.447 e. The van der Waals surface area contributed by atoms with Crippen LogP contribution in [0.2, 0.25) is 0 Å². The third-order valence-corrected chi connectivity index (χ3v) is 3.65. The standard InChI is InChI=1S/C14H8NO2S/c1-2-6-11-10(5-1)16-14(17-11)9-4-3-7-12-13(9)15-8-18-12/h1-7,14H. The smallest absolute Gasteiger partial charge is 0.270 e. The van der Waals surface area contributed by atoms with Gasteiger partial charge >= 0.3 is 0 Å². The van der Waals surface area contributed by atoms with Crippen molar-refractivity contribution in [3.05, 3.63) is 53.5 Å². The third kappa shape index (κ3) is 1.39. The van der Waals surface area contributed by atoms with Crippen LogP contribution in [0.4, 0.5) is 0 Å². The quantitative estimate of drug-likeness (QED) is 0.665. The first-order chi connectivity index (χ1) is 8.92. The molecule has 1 aliphatic heterocycles. The fourth-order valence-corrected chi connectivity index (χ4v) is 2.72. The summed E-state index contributed by atoms with van der Waals surface area (Å²) in [4.78, 5) is 4.26. The Labute approximate surface area is 108 Å². The summed E-state index contributed by atoms with van der Waals surface area (Å²) in [5, 5.41) is 0. The molecule has 0 bridgehead atoms. The highest BCUT2D eigenvalue weighted by Crippen LogP contribution is 2.41. The van der Waals surface area contributed by atoms with E-state index in [2.05, 4.69) is 10.5 Å². The van der Waals surface area contributed by atoms with E-state index in [4.69, 9.17) is 9.47 Å². The van der Waals surface area contributed by atoms with E-state index in [1.807, 2.05) is 42.5 Å². The molecule has 4 heteroatoms. The number of fused-ring (bicyclic) bond motifs is 2. The van der Waals surface area contributed by atoms with E-state index in [-0.39, 0.29) is 0 Å². The van der Waals surface area contributed by atoms with E-state index in [1.54, 1.807) is 0 Å². The Hall–Kier alpha value is -2.07. The van der Waals surface area contributed by atoms with Crippen LogP contribution in [0.1, 0.15) is 11.9 Å². The van der Waals surface area contributed by atoms with Crippen LogP contribution in [0, 0.1) is 5.51 Å². The summed E-state index contributed by atoms with van der Waals surface area (Å²) in [5.41, 5.74) is 4.75. The van der Waals surface area contributed by atoms with Crippen molar-refractivity contribution < 1.29 is 9.47 Å². The summed E-state index contributed by atoms with van der Waals surface area (Å²) in [5.74, 6) is 1.55. The summed E-state index contributed by atoms with van der Waals surface area (Å²) in [7, 11) is 0. The molecule has 3 nitrogen and oxygen atoms in total. The molecule has 0 fully saturated rings. The van der Waals surface area contributed by atoms with Crippen molar-refractivity contribution in [1.29, 1.82) is 0 Å². The number of aromatic nitrogens is 1. The SMILES string of the molecule is [c]1nc2c(C3Oc4ccccc4O3)cccc2s1. The molecule has 0 unspecified atom stereocenters. The number of hydrogen-bond acceptors (Lipinski definition) is 4. The van der Waals surface area contributed by atoms with Crippen molar-refractivity contribution in [3.63, 3.8) is 0 Å². The van der Waals surface area contributed by atoms with Crippen LogP contribution < -0.4 is 9.47 Å². The molecule has 1 radical (unpaired) electrons. The van der Waals surface area contributed by atoms with Gasteiger partial charge in [0, 0.05) is 0 Å². The summed E-state index contributed by atoms with van der Waals surface area (Å²) in [6, 6.07) is 13.7. The second kappa shape index (κ2) is 3.71. The van der Waals surface area contributed by atoms with Crippen LogP contribution in [0.3, 0.4) is 0 Å². The molecular formula is C14H8NO2S. The van der Waals surface area contributed by atoms with Crippen LogP contribution in [0.25, 0.3) is 10.2 Å². The predicted octanol–water partition coefficient (Wildman–Crippen LogP) is 3.57. The first-order valence-electron chi connectivity index (χ1n) is 5.60.